The summed E-state index contributed by atoms with van der Waals surface area (Å²) in [6.07, 6.45) is -0.227. The van der Waals surface area contributed by atoms with Crippen molar-refractivity contribution in [3.05, 3.63) is 29.8 Å². The summed E-state index contributed by atoms with van der Waals surface area (Å²) in [7, 11) is 1.58. The van der Waals surface area contributed by atoms with Crippen LogP contribution >= 0.6 is 0 Å². The first-order valence-corrected chi connectivity index (χ1v) is 5.51. The molecule has 0 fully saturated rings. The van der Waals surface area contributed by atoms with E-state index < -0.39 is 5.97 Å². The first-order valence-electron chi connectivity index (χ1n) is 5.51. The van der Waals surface area contributed by atoms with Gasteiger partial charge in [-0.3, -0.25) is 14.4 Å². The van der Waals surface area contributed by atoms with Crippen molar-refractivity contribution in [3.63, 3.8) is 0 Å². The number of carbonyl (C=O) groups excluding carboxylic acids is 2. The molecule has 0 bridgehead atoms. The quantitative estimate of drug-likeness (QED) is 0.806. The van der Waals surface area contributed by atoms with Gasteiger partial charge in [0.2, 0.25) is 5.91 Å². The first kappa shape index (κ1) is 13.9. The van der Waals surface area contributed by atoms with Crippen molar-refractivity contribution in [1.29, 1.82) is 0 Å². The Morgan fingerprint density at radius 2 is 1.67 bits per heavy atom. The molecule has 5 heteroatoms. The molecule has 0 radical (unpaired) electrons. The summed E-state index contributed by atoms with van der Waals surface area (Å²) >= 11 is 0. The maximum atomic E-state index is 11.7. The minimum Gasteiger partial charge on any atom is -0.481 e. The van der Waals surface area contributed by atoms with Gasteiger partial charge in [0.15, 0.2) is 5.78 Å². The molecule has 0 aliphatic heterocycles. The molecular weight excluding hydrogens is 234 g/mol. The van der Waals surface area contributed by atoms with Gasteiger partial charge in [0.05, 0.1) is 6.42 Å². The third kappa shape index (κ3) is 3.69. The lowest BCUT2D eigenvalue weighted by molar-refractivity contribution is -0.138. The average molecular weight is 249 g/mol. The number of carbonyl (C=O) groups is 3. The van der Waals surface area contributed by atoms with Crippen molar-refractivity contribution >= 4 is 23.3 Å². The highest BCUT2D eigenvalue weighted by Crippen LogP contribution is 2.15. The molecule has 0 unspecified atom stereocenters. The number of rotatable bonds is 5. The summed E-state index contributed by atoms with van der Waals surface area (Å²) in [5.74, 6) is -1.31. The molecule has 1 aromatic rings. The van der Waals surface area contributed by atoms with Crippen LogP contribution in [0.2, 0.25) is 0 Å². The topological polar surface area (TPSA) is 74.7 Å². The second-order valence-electron chi connectivity index (χ2n) is 3.95. The van der Waals surface area contributed by atoms with Gasteiger partial charge in [-0.2, -0.15) is 0 Å². The Morgan fingerprint density at radius 3 is 2.11 bits per heavy atom. The summed E-state index contributed by atoms with van der Waals surface area (Å²) in [4.78, 5) is 34.5. The van der Waals surface area contributed by atoms with Gasteiger partial charge in [-0.05, 0) is 31.2 Å². The van der Waals surface area contributed by atoms with Gasteiger partial charge >= 0.3 is 5.97 Å². The van der Waals surface area contributed by atoms with E-state index in [0.29, 0.717) is 11.3 Å². The standard InChI is InChI=1S/C13H15NO4/c1-9(15)10-3-5-11(6-4-10)14(2)12(16)7-8-13(17)18/h3-6H,7-8H2,1-2H3,(H,17,18). The van der Waals surface area contributed by atoms with Gasteiger partial charge in [0.1, 0.15) is 0 Å². The van der Waals surface area contributed by atoms with Crippen LogP contribution in [0.25, 0.3) is 0 Å². The molecule has 18 heavy (non-hydrogen) atoms. The number of hydrogen-bond acceptors (Lipinski definition) is 3. The second kappa shape index (κ2) is 5.95. The van der Waals surface area contributed by atoms with Crippen molar-refractivity contribution in [2.45, 2.75) is 19.8 Å². The Balaban J connectivity index is 2.71. The number of aliphatic carboxylic acids is 1. The number of anilines is 1. The largest absolute Gasteiger partial charge is 0.481 e. The Kier molecular flexibility index (Phi) is 4.59. The second-order valence-corrected chi connectivity index (χ2v) is 3.95. The Bertz CT molecular complexity index is 464. The van der Waals surface area contributed by atoms with Crippen LogP contribution in [0.4, 0.5) is 5.69 Å². The van der Waals surface area contributed by atoms with E-state index in [-0.39, 0.29) is 24.5 Å². The molecule has 96 valence electrons. The molecule has 1 amide bonds. The van der Waals surface area contributed by atoms with Crippen LogP contribution in [0.5, 0.6) is 0 Å². The number of Topliss-reactive ketones (excluding diaryl/α,β-unsaturated/α-hetero) is 1. The van der Waals surface area contributed by atoms with Gasteiger partial charge in [0, 0.05) is 24.7 Å². The number of benzene rings is 1. The number of amides is 1. The van der Waals surface area contributed by atoms with E-state index in [1.807, 2.05) is 0 Å². The fourth-order valence-electron chi connectivity index (χ4n) is 1.45. The molecule has 0 aliphatic carbocycles. The number of carboxylic acid groups (broad SMARTS) is 1. The summed E-state index contributed by atoms with van der Waals surface area (Å²) in [5, 5.41) is 8.50. The van der Waals surface area contributed by atoms with E-state index >= 15 is 0 Å². The first-order chi connectivity index (χ1) is 8.41. The summed E-state index contributed by atoms with van der Waals surface area (Å²) in [5.41, 5.74) is 1.21. The molecule has 1 rings (SSSR count). The predicted octanol–water partition coefficient (Wildman–Crippen LogP) is 1.72. The number of ketones is 1. The Hall–Kier alpha value is -2.17. The molecule has 5 nitrogen and oxygen atoms in total. The molecule has 1 N–H and O–H groups in total. The number of carboxylic acids is 1. The van der Waals surface area contributed by atoms with E-state index in [0.717, 1.165) is 0 Å². The van der Waals surface area contributed by atoms with Crippen LogP contribution in [-0.4, -0.2) is 29.8 Å². The number of nitrogens with zero attached hydrogens (tertiary/aromatic N) is 1. The summed E-state index contributed by atoms with van der Waals surface area (Å²) in [6, 6.07) is 6.60. The molecular formula is C13H15NO4. The van der Waals surface area contributed by atoms with Gasteiger partial charge in [-0.25, -0.2) is 0 Å². The normalized spacial score (nSPS) is 9.89. The molecule has 0 saturated carbocycles. The highest BCUT2D eigenvalue weighted by molar-refractivity contribution is 5.96. The highest BCUT2D eigenvalue weighted by Gasteiger charge is 2.12. The molecule has 1 aromatic carbocycles. The van der Waals surface area contributed by atoms with Crippen LogP contribution in [0, 0.1) is 0 Å². The van der Waals surface area contributed by atoms with Gasteiger partial charge in [-0.15, -0.1) is 0 Å². The zero-order valence-corrected chi connectivity index (χ0v) is 10.3. The zero-order valence-electron chi connectivity index (χ0n) is 10.3. The molecule has 0 saturated heterocycles. The van der Waals surface area contributed by atoms with Crippen molar-refractivity contribution < 1.29 is 19.5 Å². The fourth-order valence-corrected chi connectivity index (χ4v) is 1.45. The van der Waals surface area contributed by atoms with E-state index in [1.165, 1.54) is 11.8 Å². The monoisotopic (exact) mass is 249 g/mol. The molecule has 0 heterocycles. The summed E-state index contributed by atoms with van der Waals surface area (Å²) < 4.78 is 0. The van der Waals surface area contributed by atoms with Gasteiger partial charge in [-0.1, -0.05) is 0 Å². The van der Waals surface area contributed by atoms with Crippen LogP contribution in [0.3, 0.4) is 0 Å². The predicted molar refractivity (Wildman–Crippen MR) is 66.7 cm³/mol. The van der Waals surface area contributed by atoms with E-state index in [2.05, 4.69) is 0 Å². The van der Waals surface area contributed by atoms with Crippen molar-refractivity contribution in [1.82, 2.24) is 0 Å². The Labute approximate surface area is 105 Å². The zero-order chi connectivity index (χ0) is 13.7. The average Bonchev–Trinajstić information content (AvgIpc) is 2.35. The lowest BCUT2D eigenvalue weighted by atomic mass is 10.1. The maximum absolute atomic E-state index is 11.7. The lowest BCUT2D eigenvalue weighted by Crippen LogP contribution is -2.26. The van der Waals surface area contributed by atoms with E-state index in [4.69, 9.17) is 5.11 Å². The van der Waals surface area contributed by atoms with Crippen LogP contribution in [0.15, 0.2) is 24.3 Å². The number of hydrogen-bond donors (Lipinski definition) is 1. The van der Waals surface area contributed by atoms with Crippen molar-refractivity contribution in [3.8, 4) is 0 Å². The molecule has 0 aromatic heterocycles. The smallest absolute Gasteiger partial charge is 0.303 e. The van der Waals surface area contributed by atoms with Crippen molar-refractivity contribution in [2.75, 3.05) is 11.9 Å². The fraction of sp³-hybridized carbons (Fsp3) is 0.308. The van der Waals surface area contributed by atoms with E-state index in [1.54, 1.807) is 31.3 Å². The highest BCUT2D eigenvalue weighted by atomic mass is 16.4. The SMILES string of the molecule is CC(=O)c1ccc(N(C)C(=O)CCC(=O)O)cc1. The minimum atomic E-state index is -0.997. The van der Waals surface area contributed by atoms with Gasteiger partial charge < -0.3 is 10.0 Å². The third-order valence-corrected chi connectivity index (χ3v) is 2.59. The maximum Gasteiger partial charge on any atom is 0.303 e. The minimum absolute atomic E-state index is 0.0404. The third-order valence-electron chi connectivity index (χ3n) is 2.59. The lowest BCUT2D eigenvalue weighted by Gasteiger charge is -2.17. The molecule has 0 atom stereocenters. The summed E-state index contributed by atoms with van der Waals surface area (Å²) in [6.45, 7) is 1.47. The van der Waals surface area contributed by atoms with Crippen LogP contribution in [0.1, 0.15) is 30.1 Å². The van der Waals surface area contributed by atoms with Gasteiger partial charge in [0.25, 0.3) is 0 Å². The van der Waals surface area contributed by atoms with Crippen LogP contribution < -0.4 is 4.90 Å². The van der Waals surface area contributed by atoms with Crippen LogP contribution in [-0.2, 0) is 9.59 Å². The molecule has 0 spiro atoms. The van der Waals surface area contributed by atoms with E-state index in [9.17, 15) is 14.4 Å². The Morgan fingerprint density at radius 1 is 1.11 bits per heavy atom. The molecule has 0 aliphatic rings. The van der Waals surface area contributed by atoms with Crippen molar-refractivity contribution in [2.24, 2.45) is 0 Å².